The van der Waals surface area contributed by atoms with Crippen molar-refractivity contribution in [2.75, 3.05) is 32.1 Å². The van der Waals surface area contributed by atoms with E-state index in [0.717, 1.165) is 24.2 Å². The summed E-state index contributed by atoms with van der Waals surface area (Å²) in [5, 5.41) is 15.2. The Morgan fingerprint density at radius 2 is 2.00 bits per heavy atom. The van der Waals surface area contributed by atoms with Crippen LogP contribution in [0.2, 0.25) is 0 Å². The molecule has 1 amide bonds. The minimum absolute atomic E-state index is 0.141. The molecule has 1 unspecified atom stereocenters. The number of halogens is 1. The standard InChI is InChI=1S/C21H23FN6O2/c1-27(2)19-9-10-20(26-25-19)30-16-4-3-11-28(13-16)21(29)18-12-17(23-24-18)14-5-7-15(22)8-6-14/h5-10,12,16H,3-4,11,13H2,1-2H3,(H,23,24). The van der Waals surface area contributed by atoms with E-state index in [-0.39, 0.29) is 17.8 Å². The van der Waals surface area contributed by atoms with Crippen molar-refractivity contribution >= 4 is 11.7 Å². The Kier molecular flexibility index (Phi) is 5.60. The van der Waals surface area contributed by atoms with E-state index in [1.54, 1.807) is 29.2 Å². The Labute approximate surface area is 173 Å². The van der Waals surface area contributed by atoms with Gasteiger partial charge in [-0.3, -0.25) is 9.89 Å². The summed E-state index contributed by atoms with van der Waals surface area (Å²) >= 11 is 0. The van der Waals surface area contributed by atoms with Crippen molar-refractivity contribution in [2.45, 2.75) is 18.9 Å². The number of piperidine rings is 1. The first-order chi connectivity index (χ1) is 14.5. The summed E-state index contributed by atoms with van der Waals surface area (Å²) in [6.07, 6.45) is 1.52. The maximum absolute atomic E-state index is 13.1. The first-order valence-corrected chi connectivity index (χ1v) is 9.78. The summed E-state index contributed by atoms with van der Waals surface area (Å²) in [7, 11) is 3.79. The molecule has 0 spiro atoms. The van der Waals surface area contributed by atoms with Gasteiger partial charge in [-0.05, 0) is 49.2 Å². The summed E-state index contributed by atoms with van der Waals surface area (Å²) in [6, 6.07) is 11.3. The number of hydrogen-bond donors (Lipinski definition) is 1. The number of ether oxygens (including phenoxy) is 1. The number of H-pyrrole nitrogens is 1. The van der Waals surface area contributed by atoms with Gasteiger partial charge < -0.3 is 14.5 Å². The van der Waals surface area contributed by atoms with Crippen LogP contribution in [0.25, 0.3) is 11.3 Å². The van der Waals surface area contributed by atoms with E-state index in [1.807, 2.05) is 25.1 Å². The van der Waals surface area contributed by atoms with Crippen molar-refractivity contribution in [3.63, 3.8) is 0 Å². The van der Waals surface area contributed by atoms with Gasteiger partial charge in [-0.1, -0.05) is 0 Å². The van der Waals surface area contributed by atoms with Crippen molar-refractivity contribution in [3.05, 3.63) is 54.0 Å². The topological polar surface area (TPSA) is 87.2 Å². The molecule has 0 saturated carbocycles. The molecular weight excluding hydrogens is 387 g/mol. The fourth-order valence-corrected chi connectivity index (χ4v) is 3.37. The second-order valence-corrected chi connectivity index (χ2v) is 7.43. The lowest BCUT2D eigenvalue weighted by Crippen LogP contribution is -2.44. The maximum Gasteiger partial charge on any atom is 0.272 e. The zero-order valence-electron chi connectivity index (χ0n) is 16.9. The summed E-state index contributed by atoms with van der Waals surface area (Å²) in [6.45, 7) is 1.11. The molecule has 156 valence electrons. The van der Waals surface area contributed by atoms with E-state index in [2.05, 4.69) is 20.4 Å². The number of aromatic nitrogens is 4. The number of anilines is 1. The van der Waals surface area contributed by atoms with Crippen LogP contribution in [-0.2, 0) is 0 Å². The Balaban J connectivity index is 1.40. The molecule has 30 heavy (non-hydrogen) atoms. The average molecular weight is 410 g/mol. The van der Waals surface area contributed by atoms with E-state index < -0.39 is 0 Å². The van der Waals surface area contributed by atoms with Gasteiger partial charge in [0, 0.05) is 32.3 Å². The lowest BCUT2D eigenvalue weighted by molar-refractivity contribution is 0.0520. The monoisotopic (exact) mass is 410 g/mol. The van der Waals surface area contributed by atoms with Crippen LogP contribution >= 0.6 is 0 Å². The molecule has 9 heteroatoms. The molecule has 0 aliphatic carbocycles. The van der Waals surface area contributed by atoms with Crippen LogP contribution in [0.1, 0.15) is 23.3 Å². The number of hydrogen-bond acceptors (Lipinski definition) is 6. The van der Waals surface area contributed by atoms with Crippen molar-refractivity contribution in [3.8, 4) is 17.1 Å². The van der Waals surface area contributed by atoms with Crippen molar-refractivity contribution < 1.29 is 13.9 Å². The van der Waals surface area contributed by atoms with E-state index in [1.165, 1.54) is 12.1 Å². The molecule has 8 nitrogen and oxygen atoms in total. The highest BCUT2D eigenvalue weighted by atomic mass is 19.1. The normalized spacial score (nSPS) is 16.4. The molecule has 3 heterocycles. The minimum Gasteiger partial charge on any atom is -0.471 e. The molecule has 1 N–H and O–H groups in total. The maximum atomic E-state index is 13.1. The molecule has 1 aliphatic heterocycles. The molecule has 1 aliphatic rings. The van der Waals surface area contributed by atoms with Gasteiger partial charge in [0.1, 0.15) is 17.6 Å². The Morgan fingerprint density at radius 3 is 2.70 bits per heavy atom. The predicted molar refractivity (Wildman–Crippen MR) is 110 cm³/mol. The number of aromatic amines is 1. The fraction of sp³-hybridized carbons (Fsp3) is 0.333. The Hall–Kier alpha value is -3.49. The van der Waals surface area contributed by atoms with Gasteiger partial charge in [0.2, 0.25) is 5.88 Å². The second kappa shape index (κ2) is 8.48. The largest absolute Gasteiger partial charge is 0.471 e. The quantitative estimate of drug-likeness (QED) is 0.696. The van der Waals surface area contributed by atoms with Gasteiger partial charge in [0.25, 0.3) is 5.91 Å². The Bertz CT molecular complexity index is 1000. The minimum atomic E-state index is -0.314. The SMILES string of the molecule is CN(C)c1ccc(OC2CCCN(C(=O)c3cc(-c4ccc(F)cc4)n[nH]3)C2)nn1. The third-order valence-electron chi connectivity index (χ3n) is 4.99. The third-order valence-corrected chi connectivity index (χ3v) is 4.99. The zero-order chi connectivity index (χ0) is 21.1. The van der Waals surface area contributed by atoms with Gasteiger partial charge in [-0.2, -0.15) is 5.10 Å². The second-order valence-electron chi connectivity index (χ2n) is 7.43. The van der Waals surface area contributed by atoms with Crippen LogP contribution in [0.4, 0.5) is 10.2 Å². The molecule has 1 saturated heterocycles. The van der Waals surface area contributed by atoms with Crippen molar-refractivity contribution in [1.82, 2.24) is 25.3 Å². The Morgan fingerprint density at radius 1 is 1.20 bits per heavy atom. The zero-order valence-corrected chi connectivity index (χ0v) is 16.9. The highest BCUT2D eigenvalue weighted by molar-refractivity contribution is 5.93. The number of likely N-dealkylation sites (tertiary alicyclic amines) is 1. The molecule has 3 aromatic rings. The number of carbonyl (C=O) groups excluding carboxylic acids is 1. The lowest BCUT2D eigenvalue weighted by Gasteiger charge is -2.32. The van der Waals surface area contributed by atoms with Crippen LogP contribution < -0.4 is 9.64 Å². The van der Waals surface area contributed by atoms with Gasteiger partial charge in [0.15, 0.2) is 5.82 Å². The average Bonchev–Trinajstić information content (AvgIpc) is 3.24. The number of amides is 1. The van der Waals surface area contributed by atoms with Crippen LogP contribution in [0.15, 0.2) is 42.5 Å². The molecular formula is C21H23FN6O2. The van der Waals surface area contributed by atoms with E-state index in [4.69, 9.17) is 4.74 Å². The lowest BCUT2D eigenvalue weighted by atomic mass is 10.1. The van der Waals surface area contributed by atoms with Gasteiger partial charge >= 0.3 is 0 Å². The number of nitrogens with zero attached hydrogens (tertiary/aromatic N) is 5. The molecule has 4 rings (SSSR count). The van der Waals surface area contributed by atoms with E-state index in [0.29, 0.717) is 30.4 Å². The number of carbonyl (C=O) groups is 1. The fourth-order valence-electron chi connectivity index (χ4n) is 3.37. The number of nitrogens with one attached hydrogen (secondary N) is 1. The first-order valence-electron chi connectivity index (χ1n) is 9.78. The highest BCUT2D eigenvalue weighted by Gasteiger charge is 2.27. The molecule has 1 atom stereocenters. The van der Waals surface area contributed by atoms with Gasteiger partial charge in [-0.25, -0.2) is 4.39 Å². The van der Waals surface area contributed by atoms with E-state index in [9.17, 15) is 9.18 Å². The predicted octanol–water partition coefficient (Wildman–Crippen LogP) is 2.76. The van der Waals surface area contributed by atoms with Crippen molar-refractivity contribution in [2.24, 2.45) is 0 Å². The summed E-state index contributed by atoms with van der Waals surface area (Å²) < 4.78 is 19.1. The third kappa shape index (κ3) is 4.40. The van der Waals surface area contributed by atoms with E-state index >= 15 is 0 Å². The molecule has 2 aromatic heterocycles. The molecule has 1 fully saturated rings. The first kappa shape index (κ1) is 19.8. The van der Waals surface area contributed by atoms with Crippen LogP contribution in [-0.4, -0.2) is 64.5 Å². The molecule has 1 aromatic carbocycles. The smallest absolute Gasteiger partial charge is 0.272 e. The number of benzene rings is 1. The van der Waals surface area contributed by atoms with Gasteiger partial charge in [0.05, 0.1) is 12.2 Å². The number of rotatable bonds is 5. The summed E-state index contributed by atoms with van der Waals surface area (Å²) in [4.78, 5) is 16.5. The molecule has 0 radical (unpaired) electrons. The molecule has 0 bridgehead atoms. The van der Waals surface area contributed by atoms with Crippen molar-refractivity contribution in [1.29, 1.82) is 0 Å². The highest BCUT2D eigenvalue weighted by Crippen LogP contribution is 2.21. The van der Waals surface area contributed by atoms with Crippen LogP contribution in [0.5, 0.6) is 5.88 Å². The van der Waals surface area contributed by atoms with Crippen LogP contribution in [0, 0.1) is 5.82 Å². The summed E-state index contributed by atoms with van der Waals surface area (Å²) in [5.41, 5.74) is 1.73. The summed E-state index contributed by atoms with van der Waals surface area (Å²) in [5.74, 6) is 0.739. The van der Waals surface area contributed by atoms with Crippen LogP contribution in [0.3, 0.4) is 0 Å². The van der Waals surface area contributed by atoms with Gasteiger partial charge in [-0.15, -0.1) is 10.2 Å².